The maximum absolute atomic E-state index is 13.3. The number of hydrogen-bond donors (Lipinski definition) is 2. The van der Waals surface area contributed by atoms with Crippen LogP contribution >= 0.6 is 0 Å². The molecule has 6 aliphatic rings. The second kappa shape index (κ2) is 15.5. The van der Waals surface area contributed by atoms with E-state index in [1.807, 2.05) is 18.2 Å². The molecule has 2 N–H and O–H groups in total. The standard InChI is InChI=1S/C45H55N9O5/c1-28-35-26-54(39-11-12-41(55)48-43(39)56)44(57)33(35)8-10-38(28)52-17-13-31(14-18-52)58-30-5-3-29(4-6-30)25-51-19-21-53(22-20-51)40-24-37(46-27-47-40)42-34-23-32(59-45(2)15-16-45)7-9-36(34)49-50-42/h7-10,23-24,27,29-31,39H,3-6,11-22,25-26H2,1-2H3,(H,49,50)(H,48,55,56). The summed E-state index contributed by atoms with van der Waals surface area (Å²) in [7, 11) is 0. The fraction of sp³-hybridized carbons (Fsp3) is 0.556. The minimum Gasteiger partial charge on any atom is -0.488 e. The number of nitrogens with one attached hydrogen (secondary N) is 2. The quantitative estimate of drug-likeness (QED) is 0.199. The van der Waals surface area contributed by atoms with E-state index in [-0.39, 0.29) is 35.8 Å². The van der Waals surface area contributed by atoms with Gasteiger partial charge in [0.25, 0.3) is 5.91 Å². The van der Waals surface area contributed by atoms with E-state index in [1.165, 1.54) is 12.8 Å². The van der Waals surface area contributed by atoms with Gasteiger partial charge in [0, 0.05) is 81.5 Å². The minimum absolute atomic E-state index is 0.0394. The van der Waals surface area contributed by atoms with E-state index in [0.29, 0.717) is 30.6 Å². The topological polar surface area (TPSA) is 149 Å². The number of aromatic nitrogens is 4. The fourth-order valence-electron chi connectivity index (χ4n) is 10.1. The van der Waals surface area contributed by atoms with Crippen molar-refractivity contribution in [1.82, 2.24) is 35.3 Å². The predicted octanol–water partition coefficient (Wildman–Crippen LogP) is 5.39. The van der Waals surface area contributed by atoms with Crippen molar-refractivity contribution in [1.29, 1.82) is 0 Å². The van der Waals surface area contributed by atoms with Crippen LogP contribution in [-0.4, -0.2) is 117 Å². The molecule has 6 heterocycles. The first-order valence-electron chi connectivity index (χ1n) is 21.8. The normalized spacial score (nSPS) is 25.1. The molecule has 0 spiro atoms. The van der Waals surface area contributed by atoms with Crippen LogP contribution in [-0.2, 0) is 20.9 Å². The van der Waals surface area contributed by atoms with E-state index in [4.69, 9.17) is 9.47 Å². The smallest absolute Gasteiger partial charge is 0.255 e. The molecule has 4 aromatic rings. The first kappa shape index (κ1) is 38.1. The van der Waals surface area contributed by atoms with Crippen molar-refractivity contribution in [2.75, 3.05) is 55.6 Å². The number of nitrogens with zero attached hydrogens (tertiary/aromatic N) is 7. The Bertz CT molecular complexity index is 2250. The van der Waals surface area contributed by atoms with Crippen LogP contribution in [0.2, 0.25) is 0 Å². The number of hydrogen-bond acceptors (Lipinski definition) is 11. The molecule has 1 atom stereocenters. The summed E-state index contributed by atoms with van der Waals surface area (Å²) in [5, 5.41) is 11.2. The molecule has 4 aliphatic heterocycles. The van der Waals surface area contributed by atoms with E-state index < -0.39 is 6.04 Å². The Hall–Kier alpha value is -5.08. The zero-order chi connectivity index (χ0) is 40.3. The summed E-state index contributed by atoms with van der Waals surface area (Å²) in [4.78, 5) is 55.9. The van der Waals surface area contributed by atoms with Gasteiger partial charge >= 0.3 is 0 Å². The number of piperazine rings is 1. The van der Waals surface area contributed by atoms with Gasteiger partial charge in [-0.3, -0.25) is 29.7 Å². The number of amides is 3. The van der Waals surface area contributed by atoms with Crippen molar-refractivity contribution in [3.05, 3.63) is 59.4 Å². The number of imide groups is 1. The molecule has 2 saturated carbocycles. The lowest BCUT2D eigenvalue weighted by Gasteiger charge is -2.40. The maximum atomic E-state index is 13.3. The summed E-state index contributed by atoms with van der Waals surface area (Å²) in [6.45, 7) is 11.6. The molecule has 14 nitrogen and oxygen atoms in total. The summed E-state index contributed by atoms with van der Waals surface area (Å²) >= 11 is 0. The highest BCUT2D eigenvalue weighted by atomic mass is 16.5. The lowest BCUT2D eigenvalue weighted by molar-refractivity contribution is -0.136. The number of ether oxygens (including phenoxy) is 2. The summed E-state index contributed by atoms with van der Waals surface area (Å²) in [6, 6.07) is 11.6. The molecule has 3 amide bonds. The molecule has 1 unspecified atom stereocenters. The largest absolute Gasteiger partial charge is 0.488 e. The maximum Gasteiger partial charge on any atom is 0.255 e. The van der Waals surface area contributed by atoms with Crippen LogP contribution in [0.5, 0.6) is 5.75 Å². The number of carbonyl (C=O) groups excluding carboxylic acids is 3. The van der Waals surface area contributed by atoms with Gasteiger partial charge in [-0.05, 0) is 119 Å². The van der Waals surface area contributed by atoms with Crippen molar-refractivity contribution in [2.45, 2.75) is 108 Å². The molecule has 3 saturated heterocycles. The number of H-pyrrole nitrogens is 1. The number of rotatable bonds is 10. The number of fused-ring (bicyclic) bond motifs is 2. The molecule has 14 heteroatoms. The van der Waals surface area contributed by atoms with Crippen molar-refractivity contribution >= 4 is 40.1 Å². The molecule has 0 bridgehead atoms. The molecule has 10 rings (SSSR count). The van der Waals surface area contributed by atoms with Crippen molar-refractivity contribution in [2.24, 2.45) is 5.92 Å². The average molecular weight is 802 g/mol. The molecule has 5 fully saturated rings. The van der Waals surface area contributed by atoms with Gasteiger partial charge in [-0.25, -0.2) is 9.97 Å². The zero-order valence-electron chi connectivity index (χ0n) is 34.3. The number of benzene rings is 2. The first-order valence-corrected chi connectivity index (χ1v) is 21.8. The monoisotopic (exact) mass is 801 g/mol. The molecule has 59 heavy (non-hydrogen) atoms. The highest BCUT2D eigenvalue weighted by Crippen LogP contribution is 2.41. The lowest BCUT2D eigenvalue weighted by atomic mass is 9.86. The van der Waals surface area contributed by atoms with Gasteiger partial charge in [0.1, 0.15) is 35.2 Å². The Balaban J connectivity index is 0.667. The van der Waals surface area contributed by atoms with Crippen LogP contribution in [0.3, 0.4) is 0 Å². The Labute approximate surface area is 345 Å². The van der Waals surface area contributed by atoms with Gasteiger partial charge in [-0.2, -0.15) is 5.10 Å². The van der Waals surface area contributed by atoms with Crippen LogP contribution < -0.4 is 19.9 Å². The average Bonchev–Trinajstić information content (AvgIpc) is 3.66. The van der Waals surface area contributed by atoms with Crippen LogP contribution in [0.1, 0.15) is 92.6 Å². The molecular weight excluding hydrogens is 747 g/mol. The molecule has 310 valence electrons. The Morgan fingerprint density at radius 2 is 1.63 bits per heavy atom. The third-order valence-electron chi connectivity index (χ3n) is 13.9. The van der Waals surface area contributed by atoms with Crippen LogP contribution in [0.25, 0.3) is 22.3 Å². The highest BCUT2D eigenvalue weighted by Gasteiger charge is 2.41. The van der Waals surface area contributed by atoms with E-state index in [9.17, 15) is 14.4 Å². The van der Waals surface area contributed by atoms with Crippen LogP contribution in [0.15, 0.2) is 42.7 Å². The Morgan fingerprint density at radius 1 is 0.847 bits per heavy atom. The van der Waals surface area contributed by atoms with E-state index in [2.05, 4.69) is 72.2 Å². The van der Waals surface area contributed by atoms with Crippen molar-refractivity contribution in [3.8, 4) is 17.1 Å². The Kier molecular flexibility index (Phi) is 10.0. The lowest BCUT2D eigenvalue weighted by Crippen LogP contribution is -2.52. The summed E-state index contributed by atoms with van der Waals surface area (Å²) < 4.78 is 13.0. The number of aromatic amines is 1. The Morgan fingerprint density at radius 3 is 2.39 bits per heavy atom. The molecule has 2 aromatic carbocycles. The van der Waals surface area contributed by atoms with Crippen LogP contribution in [0.4, 0.5) is 11.5 Å². The van der Waals surface area contributed by atoms with Crippen molar-refractivity contribution < 1.29 is 23.9 Å². The molecular formula is C45H55N9O5. The third kappa shape index (κ3) is 7.77. The number of piperidine rings is 2. The predicted molar refractivity (Wildman–Crippen MR) is 223 cm³/mol. The zero-order valence-corrected chi connectivity index (χ0v) is 34.3. The van der Waals surface area contributed by atoms with Crippen molar-refractivity contribution in [3.63, 3.8) is 0 Å². The van der Waals surface area contributed by atoms with Gasteiger partial charge in [0.15, 0.2) is 0 Å². The van der Waals surface area contributed by atoms with Gasteiger partial charge in [0.05, 0.1) is 23.4 Å². The van der Waals surface area contributed by atoms with Gasteiger partial charge < -0.3 is 24.2 Å². The van der Waals surface area contributed by atoms with Crippen LogP contribution in [0, 0.1) is 12.8 Å². The minimum atomic E-state index is -0.596. The highest BCUT2D eigenvalue weighted by molar-refractivity contribution is 6.06. The molecule has 2 aliphatic carbocycles. The van der Waals surface area contributed by atoms with Gasteiger partial charge in [-0.15, -0.1) is 0 Å². The first-order chi connectivity index (χ1) is 28.7. The van der Waals surface area contributed by atoms with Gasteiger partial charge in [0.2, 0.25) is 11.8 Å². The summed E-state index contributed by atoms with van der Waals surface area (Å²) in [6.07, 6.45) is 11.8. The second-order valence-corrected chi connectivity index (χ2v) is 18.0. The third-order valence-corrected chi connectivity index (χ3v) is 13.9. The van der Waals surface area contributed by atoms with E-state index >= 15 is 0 Å². The summed E-state index contributed by atoms with van der Waals surface area (Å²) in [5.41, 5.74) is 6.51. The fourth-order valence-corrected chi connectivity index (χ4v) is 10.1. The molecule has 0 radical (unpaired) electrons. The molecule has 2 aromatic heterocycles. The van der Waals surface area contributed by atoms with E-state index in [0.717, 1.165) is 135 Å². The summed E-state index contributed by atoms with van der Waals surface area (Å²) in [5.74, 6) is 1.77. The SMILES string of the molecule is Cc1c(N2CCC(OC3CCC(CN4CCN(c5cc(-c6n[nH]c7ccc(OC8(C)CC8)cc67)ncn5)CC4)CC3)CC2)ccc2c1CN(C1CCC(=O)NC1=O)C2=O. The van der Waals surface area contributed by atoms with Gasteiger partial charge in [-0.1, -0.05) is 0 Å². The number of anilines is 2. The second-order valence-electron chi connectivity index (χ2n) is 18.0. The van der Waals surface area contributed by atoms with E-state index in [1.54, 1.807) is 11.2 Å². The number of carbonyl (C=O) groups is 3.